The summed E-state index contributed by atoms with van der Waals surface area (Å²) in [5.74, 6) is -0.0584. The van der Waals surface area contributed by atoms with Gasteiger partial charge in [0.2, 0.25) is 0 Å². The van der Waals surface area contributed by atoms with Crippen LogP contribution in [0.2, 0.25) is 0 Å². The van der Waals surface area contributed by atoms with Crippen molar-refractivity contribution in [2.75, 3.05) is 6.61 Å². The number of hydrogen-bond acceptors (Lipinski definition) is 3. The van der Waals surface area contributed by atoms with Gasteiger partial charge in [0.15, 0.2) is 11.6 Å². The molecule has 1 aliphatic rings. The molecule has 0 saturated heterocycles. The Balaban J connectivity index is 2.07. The number of nitrogens with zero attached hydrogens (tertiary/aromatic N) is 1. The van der Waals surface area contributed by atoms with Crippen LogP contribution in [0.1, 0.15) is 12.8 Å². The van der Waals surface area contributed by atoms with Crippen molar-refractivity contribution < 1.29 is 14.1 Å². The molecule has 15 heavy (non-hydrogen) atoms. The van der Waals surface area contributed by atoms with Gasteiger partial charge in [-0.15, -0.1) is 0 Å². The third kappa shape index (κ3) is 2.43. The van der Waals surface area contributed by atoms with E-state index in [1.54, 1.807) is 0 Å². The predicted molar refractivity (Wildman–Crippen MR) is 51.3 cm³/mol. The third-order valence-electron chi connectivity index (χ3n) is 2.30. The Morgan fingerprint density at radius 2 is 2.27 bits per heavy atom. The van der Waals surface area contributed by atoms with Crippen molar-refractivity contribution in [3.63, 3.8) is 0 Å². The number of halogens is 1. The van der Waals surface area contributed by atoms with Gasteiger partial charge in [-0.3, -0.25) is 10.1 Å². The van der Waals surface area contributed by atoms with Gasteiger partial charge in [0.1, 0.15) is 0 Å². The maximum Gasteiger partial charge on any atom is 0.272 e. The first-order valence-electron chi connectivity index (χ1n) is 4.73. The van der Waals surface area contributed by atoms with Crippen LogP contribution in [0.15, 0.2) is 18.2 Å². The quantitative estimate of drug-likeness (QED) is 0.568. The molecule has 5 heteroatoms. The molecule has 1 aromatic rings. The second-order valence-electron chi connectivity index (χ2n) is 3.63. The third-order valence-corrected chi connectivity index (χ3v) is 2.30. The topological polar surface area (TPSA) is 52.4 Å². The molecule has 0 radical (unpaired) electrons. The normalized spacial score (nSPS) is 15.0. The fourth-order valence-electron chi connectivity index (χ4n) is 1.21. The highest BCUT2D eigenvalue weighted by Gasteiger charge is 2.22. The van der Waals surface area contributed by atoms with Gasteiger partial charge in [0.05, 0.1) is 17.6 Å². The van der Waals surface area contributed by atoms with E-state index in [-0.39, 0.29) is 11.4 Å². The maximum absolute atomic E-state index is 13.3. The molecule has 1 aromatic carbocycles. The first-order chi connectivity index (χ1) is 7.16. The largest absolute Gasteiger partial charge is 0.490 e. The van der Waals surface area contributed by atoms with Crippen LogP contribution in [0.5, 0.6) is 5.75 Å². The summed E-state index contributed by atoms with van der Waals surface area (Å²) in [6, 6.07) is 3.42. The molecule has 0 aliphatic heterocycles. The van der Waals surface area contributed by atoms with Gasteiger partial charge in [-0.05, 0) is 24.8 Å². The monoisotopic (exact) mass is 211 g/mol. The number of hydrogen-bond donors (Lipinski definition) is 0. The zero-order valence-corrected chi connectivity index (χ0v) is 7.98. The van der Waals surface area contributed by atoms with E-state index < -0.39 is 10.7 Å². The summed E-state index contributed by atoms with van der Waals surface area (Å²) in [5, 5.41) is 10.3. The van der Waals surface area contributed by atoms with Gasteiger partial charge in [0, 0.05) is 6.07 Å². The summed E-state index contributed by atoms with van der Waals surface area (Å²) in [5.41, 5.74) is -0.258. The van der Waals surface area contributed by atoms with E-state index in [0.717, 1.165) is 18.9 Å². The van der Waals surface area contributed by atoms with Gasteiger partial charge in [-0.25, -0.2) is 4.39 Å². The number of rotatable bonds is 4. The van der Waals surface area contributed by atoms with Gasteiger partial charge in [0.25, 0.3) is 5.69 Å². The van der Waals surface area contributed by atoms with Crippen molar-refractivity contribution in [1.29, 1.82) is 0 Å². The van der Waals surface area contributed by atoms with Crippen LogP contribution in [-0.2, 0) is 0 Å². The number of nitro groups is 1. The summed E-state index contributed by atoms with van der Waals surface area (Å²) in [6.45, 7) is 0.495. The molecule has 0 spiro atoms. The van der Waals surface area contributed by atoms with Crippen LogP contribution in [0.25, 0.3) is 0 Å². The average molecular weight is 211 g/mol. The molecule has 1 saturated carbocycles. The van der Waals surface area contributed by atoms with E-state index in [1.165, 1.54) is 12.1 Å². The lowest BCUT2D eigenvalue weighted by Gasteiger charge is -2.05. The molecular weight excluding hydrogens is 201 g/mol. The van der Waals surface area contributed by atoms with Crippen LogP contribution in [0.3, 0.4) is 0 Å². The molecule has 4 nitrogen and oxygen atoms in total. The van der Waals surface area contributed by atoms with Gasteiger partial charge in [-0.2, -0.15) is 0 Å². The molecule has 0 amide bonds. The summed E-state index contributed by atoms with van der Waals surface area (Å²) in [7, 11) is 0. The Labute approximate surface area is 85.8 Å². The van der Waals surface area contributed by atoms with E-state index in [9.17, 15) is 14.5 Å². The molecule has 1 fully saturated rings. The van der Waals surface area contributed by atoms with Crippen molar-refractivity contribution >= 4 is 5.69 Å². The lowest BCUT2D eigenvalue weighted by atomic mass is 10.3. The van der Waals surface area contributed by atoms with Crippen LogP contribution in [0, 0.1) is 21.8 Å². The Bertz CT molecular complexity index is 390. The first kappa shape index (κ1) is 9.89. The van der Waals surface area contributed by atoms with Crippen LogP contribution < -0.4 is 4.74 Å². The van der Waals surface area contributed by atoms with E-state index in [1.807, 2.05) is 0 Å². The number of ether oxygens (including phenoxy) is 1. The molecule has 2 rings (SSSR count). The number of benzene rings is 1. The molecule has 0 aromatic heterocycles. The molecule has 0 heterocycles. The number of non-ortho nitro benzene ring substituents is 1. The second-order valence-corrected chi connectivity index (χ2v) is 3.63. The summed E-state index contributed by atoms with van der Waals surface area (Å²) in [4.78, 5) is 9.71. The Kier molecular flexibility index (Phi) is 2.53. The highest BCUT2D eigenvalue weighted by Crippen LogP contribution is 2.30. The second kappa shape index (κ2) is 3.84. The van der Waals surface area contributed by atoms with Crippen LogP contribution >= 0.6 is 0 Å². The summed E-state index contributed by atoms with van der Waals surface area (Å²) in [6.07, 6.45) is 2.24. The SMILES string of the molecule is O=[N+]([O-])c1ccc(OCC2CC2)c(F)c1. The lowest BCUT2D eigenvalue weighted by molar-refractivity contribution is -0.385. The van der Waals surface area contributed by atoms with Gasteiger partial charge < -0.3 is 4.74 Å². The first-order valence-corrected chi connectivity index (χ1v) is 4.73. The Morgan fingerprint density at radius 3 is 2.80 bits per heavy atom. The van der Waals surface area contributed by atoms with Crippen LogP contribution in [0.4, 0.5) is 10.1 Å². The molecule has 80 valence electrons. The zero-order valence-electron chi connectivity index (χ0n) is 7.98. The molecule has 1 aliphatic carbocycles. The minimum absolute atomic E-state index is 0.0903. The standard InChI is InChI=1S/C10H10FNO3/c11-9-5-8(12(13)14)3-4-10(9)15-6-7-1-2-7/h3-5,7H,1-2,6H2. The minimum Gasteiger partial charge on any atom is -0.490 e. The molecule has 0 bridgehead atoms. The minimum atomic E-state index is -0.676. The van der Waals surface area contributed by atoms with Gasteiger partial charge in [-0.1, -0.05) is 0 Å². The van der Waals surface area contributed by atoms with Gasteiger partial charge >= 0.3 is 0 Å². The van der Waals surface area contributed by atoms with Crippen molar-refractivity contribution in [2.45, 2.75) is 12.8 Å². The molecule has 0 unspecified atom stereocenters. The fraction of sp³-hybridized carbons (Fsp3) is 0.400. The van der Waals surface area contributed by atoms with E-state index in [0.29, 0.717) is 12.5 Å². The lowest BCUT2D eigenvalue weighted by Crippen LogP contribution is -2.01. The van der Waals surface area contributed by atoms with Crippen LogP contribution in [-0.4, -0.2) is 11.5 Å². The van der Waals surface area contributed by atoms with Crippen molar-refractivity contribution in [3.05, 3.63) is 34.1 Å². The van der Waals surface area contributed by atoms with Crippen molar-refractivity contribution in [1.82, 2.24) is 0 Å². The van der Waals surface area contributed by atoms with Crippen molar-refractivity contribution in [3.8, 4) is 5.75 Å². The molecular formula is C10H10FNO3. The smallest absolute Gasteiger partial charge is 0.272 e. The van der Waals surface area contributed by atoms with E-state index in [4.69, 9.17) is 4.74 Å². The molecule has 0 N–H and O–H groups in total. The summed E-state index contributed by atoms with van der Waals surface area (Å²) >= 11 is 0. The Morgan fingerprint density at radius 1 is 1.53 bits per heavy atom. The maximum atomic E-state index is 13.3. The fourth-order valence-corrected chi connectivity index (χ4v) is 1.21. The zero-order chi connectivity index (χ0) is 10.8. The molecule has 0 atom stereocenters. The summed E-state index contributed by atoms with van der Waals surface area (Å²) < 4.78 is 18.4. The average Bonchev–Trinajstić information content (AvgIpc) is 2.99. The highest BCUT2D eigenvalue weighted by atomic mass is 19.1. The van der Waals surface area contributed by atoms with Crippen molar-refractivity contribution in [2.24, 2.45) is 5.92 Å². The number of nitro benzene ring substituents is 1. The Hall–Kier alpha value is -1.65. The highest BCUT2D eigenvalue weighted by molar-refractivity contribution is 5.37. The van der Waals surface area contributed by atoms with E-state index in [2.05, 4.69) is 0 Å². The predicted octanol–water partition coefficient (Wildman–Crippen LogP) is 2.52. The van der Waals surface area contributed by atoms with E-state index >= 15 is 0 Å².